The Bertz CT molecular complexity index is 1280. The van der Waals surface area contributed by atoms with Gasteiger partial charge in [-0.2, -0.15) is 5.10 Å². The summed E-state index contributed by atoms with van der Waals surface area (Å²) in [4.78, 5) is 46.9. The van der Waals surface area contributed by atoms with E-state index in [1.807, 2.05) is 24.1 Å². The Balaban J connectivity index is 1.35. The molecule has 9 heteroatoms. The predicted octanol–water partition coefficient (Wildman–Crippen LogP) is 1.55. The Morgan fingerprint density at radius 1 is 1.12 bits per heavy atom. The average molecular weight is 432 g/mol. The standard InChI is InChI=1S/C23H24N6O3/c1-15(29-22(32)17-7-4-3-6-16(17)14-25-29)21(31)28-12-9-23(10-13-28)26-20(30)18-8-5-11-24-19(18)27(23)2/h3-8,11,14-15H,9-10,12-13H2,1-2H3,(H,26,30)/t15-/m1/s1. The Morgan fingerprint density at radius 2 is 1.88 bits per heavy atom. The highest BCUT2D eigenvalue weighted by molar-refractivity contribution is 6.01. The molecule has 0 radical (unpaired) electrons. The van der Waals surface area contributed by atoms with Crippen molar-refractivity contribution >= 4 is 28.4 Å². The molecule has 1 aromatic carbocycles. The molecule has 4 heterocycles. The Kier molecular flexibility index (Phi) is 4.69. The van der Waals surface area contributed by atoms with Crippen LogP contribution in [0.2, 0.25) is 0 Å². The van der Waals surface area contributed by atoms with Crippen LogP contribution >= 0.6 is 0 Å². The van der Waals surface area contributed by atoms with Gasteiger partial charge in [0.1, 0.15) is 17.5 Å². The molecule has 1 spiro atoms. The number of likely N-dealkylation sites (tertiary alicyclic amines) is 1. The number of nitrogens with one attached hydrogen (secondary N) is 1. The van der Waals surface area contributed by atoms with Crippen LogP contribution in [0.4, 0.5) is 5.82 Å². The third kappa shape index (κ3) is 3.04. The number of carbonyl (C=O) groups is 2. The van der Waals surface area contributed by atoms with Gasteiger partial charge in [-0.25, -0.2) is 9.67 Å². The summed E-state index contributed by atoms with van der Waals surface area (Å²) in [5.74, 6) is 0.343. The van der Waals surface area contributed by atoms with E-state index in [4.69, 9.17) is 0 Å². The number of rotatable bonds is 2. The van der Waals surface area contributed by atoms with Crippen molar-refractivity contribution in [3.8, 4) is 0 Å². The molecular weight excluding hydrogens is 408 g/mol. The molecule has 32 heavy (non-hydrogen) atoms. The van der Waals surface area contributed by atoms with E-state index in [1.165, 1.54) is 4.68 Å². The number of nitrogens with zero attached hydrogens (tertiary/aromatic N) is 5. The van der Waals surface area contributed by atoms with Crippen LogP contribution in [-0.2, 0) is 4.79 Å². The van der Waals surface area contributed by atoms with Gasteiger partial charge in [0.2, 0.25) is 5.91 Å². The third-order valence-electron chi connectivity index (χ3n) is 6.68. The number of hydrogen-bond donors (Lipinski definition) is 1. The molecule has 5 rings (SSSR count). The lowest BCUT2D eigenvalue weighted by Gasteiger charge is -2.50. The summed E-state index contributed by atoms with van der Waals surface area (Å²) < 4.78 is 1.25. The first-order chi connectivity index (χ1) is 15.4. The number of hydrogen-bond acceptors (Lipinski definition) is 6. The van der Waals surface area contributed by atoms with E-state index in [0.717, 1.165) is 5.39 Å². The van der Waals surface area contributed by atoms with Gasteiger partial charge >= 0.3 is 0 Å². The maximum atomic E-state index is 13.2. The minimum atomic E-state index is -0.720. The SMILES string of the molecule is C[C@H](C(=O)N1CCC2(CC1)NC(=O)c1cccnc1N2C)n1ncc2ccccc2c1=O. The van der Waals surface area contributed by atoms with Gasteiger partial charge in [0, 0.05) is 44.6 Å². The molecule has 9 nitrogen and oxygen atoms in total. The molecule has 2 aliphatic heterocycles. The summed E-state index contributed by atoms with van der Waals surface area (Å²) in [5.41, 5.74) is -0.315. The maximum absolute atomic E-state index is 13.2. The van der Waals surface area contributed by atoms with Crippen molar-refractivity contribution in [2.24, 2.45) is 0 Å². The van der Waals surface area contributed by atoms with E-state index < -0.39 is 11.7 Å². The zero-order valence-corrected chi connectivity index (χ0v) is 18.0. The lowest BCUT2D eigenvalue weighted by molar-refractivity contribution is -0.136. The van der Waals surface area contributed by atoms with Crippen LogP contribution in [0.15, 0.2) is 53.6 Å². The summed E-state index contributed by atoms with van der Waals surface area (Å²) in [6.07, 6.45) is 4.41. The van der Waals surface area contributed by atoms with Crippen LogP contribution in [0, 0.1) is 0 Å². The van der Waals surface area contributed by atoms with Crippen molar-refractivity contribution in [2.45, 2.75) is 31.5 Å². The minimum absolute atomic E-state index is 0.147. The number of fused-ring (bicyclic) bond motifs is 2. The molecule has 2 aromatic heterocycles. The van der Waals surface area contributed by atoms with E-state index in [0.29, 0.717) is 42.7 Å². The van der Waals surface area contributed by atoms with E-state index in [1.54, 1.807) is 48.5 Å². The fraction of sp³-hybridized carbons (Fsp3) is 0.348. The van der Waals surface area contributed by atoms with Crippen LogP contribution < -0.4 is 15.8 Å². The van der Waals surface area contributed by atoms with E-state index in [2.05, 4.69) is 15.4 Å². The van der Waals surface area contributed by atoms with Crippen molar-refractivity contribution in [1.82, 2.24) is 25.0 Å². The van der Waals surface area contributed by atoms with Crippen LogP contribution in [-0.4, -0.2) is 57.3 Å². The largest absolute Gasteiger partial charge is 0.341 e. The highest BCUT2D eigenvalue weighted by Gasteiger charge is 2.45. The molecule has 2 aliphatic rings. The molecule has 0 saturated carbocycles. The first kappa shape index (κ1) is 20.2. The Morgan fingerprint density at radius 3 is 2.66 bits per heavy atom. The van der Waals surface area contributed by atoms with Crippen LogP contribution in [0.5, 0.6) is 0 Å². The number of pyridine rings is 1. The Hall–Kier alpha value is -3.75. The molecule has 1 atom stereocenters. The molecule has 164 valence electrons. The molecule has 2 amide bonds. The van der Waals surface area contributed by atoms with Gasteiger partial charge in [-0.15, -0.1) is 0 Å². The second-order valence-electron chi connectivity index (χ2n) is 8.40. The average Bonchev–Trinajstić information content (AvgIpc) is 2.83. The number of amides is 2. The molecule has 1 N–H and O–H groups in total. The van der Waals surface area contributed by atoms with Gasteiger partial charge in [-0.3, -0.25) is 14.4 Å². The first-order valence-electron chi connectivity index (χ1n) is 10.7. The van der Waals surface area contributed by atoms with Crippen molar-refractivity contribution < 1.29 is 9.59 Å². The lowest BCUT2D eigenvalue weighted by atomic mass is 9.91. The highest BCUT2D eigenvalue weighted by atomic mass is 16.2. The number of piperidine rings is 1. The van der Waals surface area contributed by atoms with Gasteiger partial charge in [0.15, 0.2) is 0 Å². The zero-order valence-electron chi connectivity index (χ0n) is 18.0. The molecule has 0 bridgehead atoms. The number of benzene rings is 1. The molecule has 0 aliphatic carbocycles. The van der Waals surface area contributed by atoms with E-state index in [9.17, 15) is 14.4 Å². The zero-order chi connectivity index (χ0) is 22.5. The predicted molar refractivity (Wildman–Crippen MR) is 119 cm³/mol. The fourth-order valence-corrected chi connectivity index (χ4v) is 4.71. The fourth-order valence-electron chi connectivity index (χ4n) is 4.71. The first-order valence-corrected chi connectivity index (χ1v) is 10.7. The van der Waals surface area contributed by atoms with Crippen LogP contribution in [0.3, 0.4) is 0 Å². The van der Waals surface area contributed by atoms with Crippen LogP contribution in [0.25, 0.3) is 10.8 Å². The number of aromatic nitrogens is 3. The molecule has 1 saturated heterocycles. The molecule has 0 unspecified atom stereocenters. The van der Waals surface area contributed by atoms with Gasteiger partial charge in [-0.05, 0) is 25.1 Å². The van der Waals surface area contributed by atoms with Gasteiger partial charge in [-0.1, -0.05) is 18.2 Å². The Labute approximate surface area is 184 Å². The van der Waals surface area contributed by atoms with Gasteiger partial charge in [0.05, 0.1) is 17.1 Å². The molecule has 1 fully saturated rings. The topological polar surface area (TPSA) is 100 Å². The van der Waals surface area contributed by atoms with Gasteiger partial charge < -0.3 is 15.1 Å². The minimum Gasteiger partial charge on any atom is -0.341 e. The van der Waals surface area contributed by atoms with Crippen molar-refractivity contribution in [3.63, 3.8) is 0 Å². The van der Waals surface area contributed by atoms with Crippen LogP contribution in [0.1, 0.15) is 36.2 Å². The quantitative estimate of drug-likeness (QED) is 0.660. The van der Waals surface area contributed by atoms with E-state index in [-0.39, 0.29) is 17.4 Å². The van der Waals surface area contributed by atoms with E-state index >= 15 is 0 Å². The highest BCUT2D eigenvalue weighted by Crippen LogP contribution is 2.35. The monoisotopic (exact) mass is 432 g/mol. The summed E-state index contributed by atoms with van der Waals surface area (Å²) in [5, 5.41) is 8.65. The third-order valence-corrected chi connectivity index (χ3v) is 6.68. The number of anilines is 1. The summed E-state index contributed by atoms with van der Waals surface area (Å²) in [6.45, 7) is 2.61. The molecular formula is C23H24N6O3. The molecule has 3 aromatic rings. The second kappa shape index (κ2) is 7.44. The maximum Gasteiger partial charge on any atom is 0.275 e. The summed E-state index contributed by atoms with van der Waals surface area (Å²) in [7, 11) is 1.92. The second-order valence-corrected chi connectivity index (χ2v) is 8.40. The summed E-state index contributed by atoms with van der Waals surface area (Å²) in [6, 6.07) is 10.00. The number of carbonyl (C=O) groups excluding carboxylic acids is 2. The van der Waals surface area contributed by atoms with Crippen molar-refractivity contribution in [1.29, 1.82) is 0 Å². The normalized spacial score (nSPS) is 18.4. The summed E-state index contributed by atoms with van der Waals surface area (Å²) >= 11 is 0. The van der Waals surface area contributed by atoms with Gasteiger partial charge in [0.25, 0.3) is 11.5 Å². The smallest absolute Gasteiger partial charge is 0.275 e. The van der Waals surface area contributed by atoms with Crippen molar-refractivity contribution in [2.75, 3.05) is 25.0 Å². The lowest BCUT2D eigenvalue weighted by Crippen LogP contribution is -2.67. The van der Waals surface area contributed by atoms with Crippen molar-refractivity contribution in [3.05, 3.63) is 64.7 Å².